The van der Waals surface area contributed by atoms with Crippen molar-refractivity contribution < 1.29 is 18.3 Å². The summed E-state index contributed by atoms with van der Waals surface area (Å²) in [5.74, 6) is 0. The number of aliphatic hydroxyl groups is 1. The summed E-state index contributed by atoms with van der Waals surface area (Å²) in [6, 6.07) is 12.2. The van der Waals surface area contributed by atoms with Crippen molar-refractivity contribution in [3.8, 4) is 5.69 Å². The fraction of sp³-hybridized carbons (Fsp3) is 0.320. The highest BCUT2D eigenvalue weighted by Gasteiger charge is 2.33. The first-order valence-electron chi connectivity index (χ1n) is 11.5. The van der Waals surface area contributed by atoms with Crippen LogP contribution in [0.5, 0.6) is 0 Å². The van der Waals surface area contributed by atoms with Crippen LogP contribution in [0.15, 0.2) is 65.8 Å². The smallest absolute Gasteiger partial charge is 0.398 e. The molecule has 3 N–H and O–H groups in total. The number of alkyl halides is 3. The second-order valence-corrected chi connectivity index (χ2v) is 9.22. The minimum Gasteiger partial charge on any atom is -0.398 e. The number of para-hydroxylation sites is 1. The van der Waals surface area contributed by atoms with Crippen LogP contribution < -0.4 is 11.3 Å². The molecular formula is C25H25F3N6O2. The zero-order chi connectivity index (χ0) is 25.5. The second kappa shape index (κ2) is 9.07. The second-order valence-electron chi connectivity index (χ2n) is 9.22. The number of fused-ring (bicyclic) bond motifs is 1. The molecule has 0 amide bonds. The summed E-state index contributed by atoms with van der Waals surface area (Å²) in [4.78, 5) is 19.7. The lowest BCUT2D eigenvalue weighted by molar-refractivity contribution is -0.137. The van der Waals surface area contributed by atoms with Gasteiger partial charge in [-0.1, -0.05) is 18.2 Å². The van der Waals surface area contributed by atoms with Gasteiger partial charge in [0.25, 0.3) is 5.56 Å². The van der Waals surface area contributed by atoms with Gasteiger partial charge in [0.1, 0.15) is 11.7 Å². The van der Waals surface area contributed by atoms with Gasteiger partial charge in [-0.05, 0) is 48.7 Å². The minimum atomic E-state index is -4.44. The quantitative estimate of drug-likeness (QED) is 0.410. The first kappa shape index (κ1) is 24.0. The lowest BCUT2D eigenvalue weighted by Crippen LogP contribution is -2.47. The molecule has 1 aliphatic rings. The van der Waals surface area contributed by atoms with Gasteiger partial charge in [-0.3, -0.25) is 14.3 Å². The Morgan fingerprint density at radius 3 is 2.42 bits per heavy atom. The van der Waals surface area contributed by atoms with Crippen molar-refractivity contribution in [2.24, 2.45) is 0 Å². The average molecular weight is 499 g/mol. The van der Waals surface area contributed by atoms with Crippen LogP contribution in [-0.2, 0) is 19.3 Å². The summed E-state index contributed by atoms with van der Waals surface area (Å²) in [6.45, 7) is 2.09. The van der Waals surface area contributed by atoms with Gasteiger partial charge in [0, 0.05) is 25.3 Å². The molecule has 36 heavy (non-hydrogen) atoms. The Hall–Kier alpha value is -3.70. The molecule has 0 unspecified atom stereocenters. The van der Waals surface area contributed by atoms with Gasteiger partial charge in [-0.15, -0.1) is 0 Å². The van der Waals surface area contributed by atoms with E-state index in [-0.39, 0.29) is 23.1 Å². The topological polar surface area (TPSA) is 102 Å². The number of piperidine rings is 1. The predicted octanol–water partition coefficient (Wildman–Crippen LogP) is 3.21. The van der Waals surface area contributed by atoms with Crippen molar-refractivity contribution in [3.05, 3.63) is 82.5 Å². The lowest BCUT2D eigenvalue weighted by atomic mass is 9.91. The van der Waals surface area contributed by atoms with Crippen molar-refractivity contribution in [3.63, 3.8) is 0 Å². The zero-order valence-corrected chi connectivity index (χ0v) is 19.3. The molecule has 0 radical (unpaired) electrons. The predicted molar refractivity (Wildman–Crippen MR) is 128 cm³/mol. The van der Waals surface area contributed by atoms with E-state index in [9.17, 15) is 23.1 Å². The highest BCUT2D eigenvalue weighted by atomic mass is 19.4. The number of nitrogens with two attached hydrogens (primary N) is 1. The average Bonchev–Trinajstić information content (AvgIpc) is 3.28. The molecule has 8 nitrogen and oxygen atoms in total. The van der Waals surface area contributed by atoms with E-state index >= 15 is 0 Å². The molecule has 188 valence electrons. The Bertz CT molecular complexity index is 1440. The summed E-state index contributed by atoms with van der Waals surface area (Å²) < 4.78 is 41.3. The summed E-state index contributed by atoms with van der Waals surface area (Å²) >= 11 is 0. The normalized spacial score (nSPS) is 16.4. The van der Waals surface area contributed by atoms with Crippen LogP contribution in [0.2, 0.25) is 0 Å². The standard InChI is InChI=1S/C25H25F3N6O2/c26-25(27,28)18-5-7-19(8-6-18)34-22-20(13-31-34)23(35)33(16-30-22)15-24(36)9-11-32(12-10-24)14-17-3-1-2-4-21(17)29/h1-8,13,16,36H,9-12,14-15,29H2. The van der Waals surface area contributed by atoms with E-state index in [1.807, 2.05) is 24.3 Å². The summed E-state index contributed by atoms with van der Waals surface area (Å²) in [7, 11) is 0. The van der Waals surface area contributed by atoms with Crippen LogP contribution in [0.25, 0.3) is 16.7 Å². The summed E-state index contributed by atoms with van der Waals surface area (Å²) in [5, 5.41) is 15.6. The van der Waals surface area contributed by atoms with Gasteiger partial charge in [0.05, 0.1) is 29.6 Å². The van der Waals surface area contributed by atoms with Gasteiger partial charge in [0.2, 0.25) is 0 Å². The van der Waals surface area contributed by atoms with Gasteiger partial charge in [-0.25, -0.2) is 9.67 Å². The largest absolute Gasteiger partial charge is 0.416 e. The van der Waals surface area contributed by atoms with E-state index in [0.29, 0.717) is 38.2 Å². The summed E-state index contributed by atoms with van der Waals surface area (Å²) in [6.07, 6.45) is -0.788. The number of hydrogen-bond acceptors (Lipinski definition) is 6. The molecule has 2 aromatic carbocycles. The number of likely N-dealkylation sites (tertiary alicyclic amines) is 1. The van der Waals surface area contributed by atoms with Crippen LogP contribution in [0.3, 0.4) is 0 Å². The molecule has 0 atom stereocenters. The van der Waals surface area contributed by atoms with Crippen LogP contribution in [0.1, 0.15) is 24.0 Å². The van der Waals surface area contributed by atoms with Crippen molar-refractivity contribution in [2.45, 2.75) is 37.7 Å². The Labute approximate surface area is 204 Å². The SMILES string of the molecule is Nc1ccccc1CN1CCC(O)(Cn2cnc3c(cnn3-c3ccc(C(F)(F)F)cc3)c2=O)CC1. The maximum atomic E-state index is 13.1. The van der Waals surface area contributed by atoms with E-state index < -0.39 is 17.3 Å². The third-order valence-electron chi connectivity index (χ3n) is 6.69. The Balaban J connectivity index is 1.31. The van der Waals surface area contributed by atoms with Crippen LogP contribution in [0, 0.1) is 0 Å². The number of hydrogen-bond donors (Lipinski definition) is 2. The molecule has 0 saturated carbocycles. The number of nitrogen functional groups attached to an aromatic ring is 1. The Morgan fingerprint density at radius 2 is 1.75 bits per heavy atom. The van der Waals surface area contributed by atoms with Crippen molar-refractivity contribution >= 4 is 16.7 Å². The maximum absolute atomic E-state index is 13.1. The van der Waals surface area contributed by atoms with E-state index in [0.717, 1.165) is 23.4 Å². The van der Waals surface area contributed by atoms with E-state index in [2.05, 4.69) is 15.0 Å². The molecule has 4 aromatic rings. The molecule has 0 aliphatic carbocycles. The lowest BCUT2D eigenvalue weighted by Gasteiger charge is -2.38. The van der Waals surface area contributed by atoms with Gasteiger partial charge >= 0.3 is 6.18 Å². The molecule has 5 rings (SSSR count). The first-order chi connectivity index (χ1) is 17.1. The third kappa shape index (κ3) is 4.71. The monoisotopic (exact) mass is 498 g/mol. The molecule has 3 heterocycles. The Morgan fingerprint density at radius 1 is 1.06 bits per heavy atom. The van der Waals surface area contributed by atoms with E-state index in [1.54, 1.807) is 0 Å². The Kier molecular flexibility index (Phi) is 6.05. The van der Waals surface area contributed by atoms with Gasteiger partial charge < -0.3 is 10.8 Å². The molecule has 2 aromatic heterocycles. The maximum Gasteiger partial charge on any atom is 0.416 e. The highest BCUT2D eigenvalue weighted by molar-refractivity contribution is 5.74. The third-order valence-corrected chi connectivity index (χ3v) is 6.69. The molecule has 0 spiro atoms. The zero-order valence-electron chi connectivity index (χ0n) is 19.3. The van der Waals surface area contributed by atoms with Crippen molar-refractivity contribution in [1.29, 1.82) is 0 Å². The van der Waals surface area contributed by atoms with Crippen molar-refractivity contribution in [2.75, 3.05) is 18.8 Å². The van der Waals surface area contributed by atoms with Crippen LogP contribution in [-0.4, -0.2) is 48.0 Å². The number of aromatic nitrogens is 4. The summed E-state index contributed by atoms with van der Waals surface area (Å²) in [5.41, 5.74) is 6.20. The molecule has 11 heteroatoms. The van der Waals surface area contributed by atoms with Crippen LogP contribution in [0.4, 0.5) is 18.9 Å². The van der Waals surface area contributed by atoms with E-state index in [1.165, 1.54) is 33.9 Å². The number of rotatable bonds is 5. The molecule has 0 bridgehead atoms. The fourth-order valence-corrected chi connectivity index (χ4v) is 4.56. The molecule has 1 aliphatic heterocycles. The number of anilines is 1. The highest BCUT2D eigenvalue weighted by Crippen LogP contribution is 2.30. The fourth-order valence-electron chi connectivity index (χ4n) is 4.56. The first-order valence-corrected chi connectivity index (χ1v) is 11.5. The van der Waals surface area contributed by atoms with Crippen LogP contribution >= 0.6 is 0 Å². The molecule has 1 fully saturated rings. The van der Waals surface area contributed by atoms with Crippen molar-refractivity contribution in [1.82, 2.24) is 24.2 Å². The molecular weight excluding hydrogens is 473 g/mol. The number of nitrogens with zero attached hydrogens (tertiary/aromatic N) is 5. The van der Waals surface area contributed by atoms with Gasteiger partial charge in [-0.2, -0.15) is 18.3 Å². The van der Waals surface area contributed by atoms with E-state index in [4.69, 9.17) is 5.73 Å². The molecule has 1 saturated heterocycles. The number of benzene rings is 2. The minimum absolute atomic E-state index is 0.0849. The van der Waals surface area contributed by atoms with Gasteiger partial charge in [0.15, 0.2) is 5.65 Å². The number of halogens is 3.